The van der Waals surface area contributed by atoms with Crippen molar-refractivity contribution in [2.45, 2.75) is 6.92 Å². The summed E-state index contributed by atoms with van der Waals surface area (Å²) in [5.41, 5.74) is 3.60. The molecule has 0 aliphatic heterocycles. The minimum Gasteiger partial charge on any atom is -0.494 e. The normalized spacial score (nSPS) is 10.2. The smallest absolute Gasteiger partial charge is 0.255 e. The van der Waals surface area contributed by atoms with E-state index in [0.29, 0.717) is 12.2 Å². The molecule has 0 aliphatic rings. The zero-order valence-corrected chi connectivity index (χ0v) is 13.5. The van der Waals surface area contributed by atoms with Crippen LogP contribution in [-0.2, 0) is 0 Å². The molecule has 3 heteroatoms. The van der Waals surface area contributed by atoms with Crippen LogP contribution in [0.15, 0.2) is 78.9 Å². The summed E-state index contributed by atoms with van der Waals surface area (Å²) in [5.74, 6) is 0.668. The van der Waals surface area contributed by atoms with Crippen molar-refractivity contribution in [2.24, 2.45) is 0 Å². The van der Waals surface area contributed by atoms with Crippen molar-refractivity contribution < 1.29 is 9.53 Å². The molecule has 3 rings (SSSR count). The molecule has 0 saturated heterocycles. The van der Waals surface area contributed by atoms with Gasteiger partial charge in [0.05, 0.1) is 6.61 Å². The number of anilines is 1. The molecule has 1 amide bonds. The molecule has 0 saturated carbocycles. The molecule has 0 spiro atoms. The molecule has 3 aromatic rings. The Kier molecular flexibility index (Phi) is 4.92. The van der Waals surface area contributed by atoms with E-state index in [2.05, 4.69) is 17.4 Å². The number of carbonyl (C=O) groups is 1. The van der Waals surface area contributed by atoms with Crippen LogP contribution in [0, 0.1) is 0 Å². The van der Waals surface area contributed by atoms with Gasteiger partial charge < -0.3 is 10.1 Å². The Morgan fingerprint density at radius 1 is 0.833 bits per heavy atom. The Balaban J connectivity index is 1.69. The highest BCUT2D eigenvalue weighted by Gasteiger charge is 2.06. The summed E-state index contributed by atoms with van der Waals surface area (Å²) in [6.45, 7) is 2.56. The third kappa shape index (κ3) is 3.82. The third-order valence-corrected chi connectivity index (χ3v) is 3.68. The maximum Gasteiger partial charge on any atom is 0.255 e. The summed E-state index contributed by atoms with van der Waals surface area (Å²) in [6.07, 6.45) is 0. The van der Waals surface area contributed by atoms with Gasteiger partial charge in [0.15, 0.2) is 0 Å². The van der Waals surface area contributed by atoms with Crippen molar-refractivity contribution in [3.8, 4) is 16.9 Å². The van der Waals surface area contributed by atoms with Crippen LogP contribution in [0.25, 0.3) is 11.1 Å². The summed E-state index contributed by atoms with van der Waals surface area (Å²) < 4.78 is 5.39. The molecule has 0 aromatic heterocycles. The zero-order chi connectivity index (χ0) is 16.8. The summed E-state index contributed by atoms with van der Waals surface area (Å²) in [5, 5.41) is 2.89. The van der Waals surface area contributed by atoms with Crippen LogP contribution in [0.5, 0.6) is 5.75 Å². The van der Waals surface area contributed by atoms with Crippen LogP contribution in [-0.4, -0.2) is 12.5 Å². The van der Waals surface area contributed by atoms with E-state index in [4.69, 9.17) is 4.74 Å². The van der Waals surface area contributed by atoms with Gasteiger partial charge in [0.25, 0.3) is 5.91 Å². The van der Waals surface area contributed by atoms with Gasteiger partial charge in [-0.05, 0) is 54.4 Å². The van der Waals surface area contributed by atoms with Gasteiger partial charge in [-0.2, -0.15) is 0 Å². The first-order chi connectivity index (χ1) is 11.8. The molecule has 0 bridgehead atoms. The van der Waals surface area contributed by atoms with Gasteiger partial charge in [0.1, 0.15) is 5.75 Å². The highest BCUT2D eigenvalue weighted by molar-refractivity contribution is 6.04. The lowest BCUT2D eigenvalue weighted by Crippen LogP contribution is -2.11. The molecule has 0 atom stereocenters. The highest BCUT2D eigenvalue weighted by atomic mass is 16.5. The number of benzene rings is 3. The van der Waals surface area contributed by atoms with Gasteiger partial charge in [-0.15, -0.1) is 0 Å². The van der Waals surface area contributed by atoms with E-state index in [1.165, 1.54) is 0 Å². The summed E-state index contributed by atoms with van der Waals surface area (Å²) in [4.78, 5) is 12.3. The van der Waals surface area contributed by atoms with E-state index in [1.54, 1.807) is 0 Å². The van der Waals surface area contributed by atoms with Crippen molar-refractivity contribution in [2.75, 3.05) is 11.9 Å². The molecular weight excluding hydrogens is 298 g/mol. The van der Waals surface area contributed by atoms with Crippen molar-refractivity contribution in [1.82, 2.24) is 0 Å². The summed E-state index contributed by atoms with van der Waals surface area (Å²) in [6, 6.07) is 25.1. The largest absolute Gasteiger partial charge is 0.494 e. The number of nitrogens with one attached hydrogen (secondary N) is 1. The quantitative estimate of drug-likeness (QED) is 0.719. The molecule has 0 aliphatic carbocycles. The van der Waals surface area contributed by atoms with Crippen molar-refractivity contribution in [3.05, 3.63) is 84.4 Å². The van der Waals surface area contributed by atoms with Gasteiger partial charge in [0.2, 0.25) is 0 Å². The predicted molar refractivity (Wildman–Crippen MR) is 97.4 cm³/mol. The van der Waals surface area contributed by atoms with E-state index in [-0.39, 0.29) is 5.91 Å². The highest BCUT2D eigenvalue weighted by Crippen LogP contribution is 2.20. The fraction of sp³-hybridized carbons (Fsp3) is 0.0952. The van der Waals surface area contributed by atoms with Gasteiger partial charge in [0, 0.05) is 11.3 Å². The van der Waals surface area contributed by atoms with Crippen LogP contribution < -0.4 is 10.1 Å². The standard InChI is InChI=1S/C21H19NO2/c1-2-24-20-14-12-19(13-15-20)22-21(23)18-10-8-17(9-11-18)16-6-4-3-5-7-16/h3-15H,2H2,1H3,(H,22,23). The fourth-order valence-electron chi connectivity index (χ4n) is 2.45. The lowest BCUT2D eigenvalue weighted by molar-refractivity contribution is 0.102. The zero-order valence-electron chi connectivity index (χ0n) is 13.5. The number of carbonyl (C=O) groups excluding carboxylic acids is 1. The van der Waals surface area contributed by atoms with Crippen molar-refractivity contribution in [1.29, 1.82) is 0 Å². The lowest BCUT2D eigenvalue weighted by atomic mass is 10.0. The van der Waals surface area contributed by atoms with E-state index in [9.17, 15) is 4.79 Å². The molecule has 3 nitrogen and oxygen atoms in total. The number of hydrogen-bond acceptors (Lipinski definition) is 2. The second-order valence-electron chi connectivity index (χ2n) is 5.35. The number of rotatable bonds is 5. The Morgan fingerprint density at radius 3 is 2.08 bits per heavy atom. The maximum atomic E-state index is 12.3. The SMILES string of the molecule is CCOc1ccc(NC(=O)c2ccc(-c3ccccc3)cc2)cc1. The van der Waals surface area contributed by atoms with Crippen LogP contribution in [0.1, 0.15) is 17.3 Å². The number of amides is 1. The fourth-order valence-corrected chi connectivity index (χ4v) is 2.45. The average molecular weight is 317 g/mol. The Labute approximate surface area is 141 Å². The first kappa shape index (κ1) is 15.8. The van der Waals surface area contributed by atoms with Gasteiger partial charge in [-0.1, -0.05) is 42.5 Å². The van der Waals surface area contributed by atoms with E-state index >= 15 is 0 Å². The molecule has 0 unspecified atom stereocenters. The van der Waals surface area contributed by atoms with Crippen molar-refractivity contribution >= 4 is 11.6 Å². The Hall–Kier alpha value is -3.07. The number of ether oxygens (including phenoxy) is 1. The van der Waals surface area contributed by atoms with Crippen molar-refractivity contribution in [3.63, 3.8) is 0 Å². The molecule has 1 N–H and O–H groups in total. The molecule has 0 heterocycles. The van der Waals surface area contributed by atoms with E-state index in [0.717, 1.165) is 22.6 Å². The van der Waals surface area contributed by atoms with Crippen LogP contribution in [0.2, 0.25) is 0 Å². The van der Waals surface area contributed by atoms with Gasteiger partial charge in [-0.25, -0.2) is 0 Å². The molecule has 120 valence electrons. The lowest BCUT2D eigenvalue weighted by Gasteiger charge is -2.08. The third-order valence-electron chi connectivity index (χ3n) is 3.68. The Bertz CT molecular complexity index is 794. The number of hydrogen-bond donors (Lipinski definition) is 1. The first-order valence-electron chi connectivity index (χ1n) is 7.96. The van der Waals surface area contributed by atoms with Gasteiger partial charge >= 0.3 is 0 Å². The molecule has 0 fully saturated rings. The predicted octanol–water partition coefficient (Wildman–Crippen LogP) is 5.00. The van der Waals surface area contributed by atoms with Crippen LogP contribution in [0.4, 0.5) is 5.69 Å². The Morgan fingerprint density at radius 2 is 1.46 bits per heavy atom. The van der Waals surface area contributed by atoms with E-state index < -0.39 is 0 Å². The first-order valence-corrected chi connectivity index (χ1v) is 7.96. The molecule has 3 aromatic carbocycles. The summed E-state index contributed by atoms with van der Waals surface area (Å²) >= 11 is 0. The second-order valence-corrected chi connectivity index (χ2v) is 5.35. The molecule has 0 radical (unpaired) electrons. The molecule has 24 heavy (non-hydrogen) atoms. The van der Waals surface area contributed by atoms with Gasteiger partial charge in [-0.3, -0.25) is 4.79 Å². The maximum absolute atomic E-state index is 12.3. The average Bonchev–Trinajstić information content (AvgIpc) is 2.64. The monoisotopic (exact) mass is 317 g/mol. The minimum atomic E-state index is -0.126. The van der Waals surface area contributed by atoms with Crippen LogP contribution >= 0.6 is 0 Å². The van der Waals surface area contributed by atoms with Crippen LogP contribution in [0.3, 0.4) is 0 Å². The topological polar surface area (TPSA) is 38.3 Å². The minimum absolute atomic E-state index is 0.126. The summed E-state index contributed by atoms with van der Waals surface area (Å²) in [7, 11) is 0. The molecular formula is C21H19NO2. The van der Waals surface area contributed by atoms with E-state index in [1.807, 2.05) is 73.7 Å². The second kappa shape index (κ2) is 7.47.